The molecule has 1 atom stereocenters. The standard InChI is InChI=1S/C10H19N3O/c1-10(7-11,8-3-4-8)13-6-5-12(2)9(13)14/h8H,3-7,11H2,1-2H3. The fourth-order valence-corrected chi connectivity index (χ4v) is 2.32. The summed E-state index contributed by atoms with van der Waals surface area (Å²) in [4.78, 5) is 15.6. The lowest BCUT2D eigenvalue weighted by Crippen LogP contribution is -2.54. The molecule has 0 aromatic heterocycles. The number of carbonyl (C=O) groups is 1. The first-order valence-corrected chi connectivity index (χ1v) is 5.32. The first-order valence-electron chi connectivity index (χ1n) is 5.32. The van der Waals surface area contributed by atoms with Crippen molar-refractivity contribution in [1.82, 2.24) is 9.80 Å². The third-order valence-electron chi connectivity index (χ3n) is 3.70. The van der Waals surface area contributed by atoms with Crippen LogP contribution in [-0.2, 0) is 0 Å². The van der Waals surface area contributed by atoms with E-state index in [9.17, 15) is 4.79 Å². The van der Waals surface area contributed by atoms with E-state index < -0.39 is 0 Å². The van der Waals surface area contributed by atoms with E-state index in [1.165, 1.54) is 12.8 Å². The molecule has 1 saturated heterocycles. The second kappa shape index (κ2) is 3.12. The Labute approximate surface area is 85.0 Å². The van der Waals surface area contributed by atoms with Crippen LogP contribution in [0.15, 0.2) is 0 Å². The average molecular weight is 197 g/mol. The maximum Gasteiger partial charge on any atom is 0.320 e. The van der Waals surface area contributed by atoms with Crippen LogP contribution in [0.3, 0.4) is 0 Å². The van der Waals surface area contributed by atoms with Crippen LogP contribution in [0, 0.1) is 5.92 Å². The molecule has 2 fully saturated rings. The number of urea groups is 1. The summed E-state index contributed by atoms with van der Waals surface area (Å²) in [5.41, 5.74) is 5.73. The van der Waals surface area contributed by atoms with Gasteiger partial charge in [0, 0.05) is 26.7 Å². The van der Waals surface area contributed by atoms with Crippen molar-refractivity contribution in [2.45, 2.75) is 25.3 Å². The highest BCUT2D eigenvalue weighted by molar-refractivity contribution is 5.77. The monoisotopic (exact) mass is 197 g/mol. The predicted octanol–water partition coefficient (Wildman–Crippen LogP) is 0.481. The minimum Gasteiger partial charge on any atom is -0.328 e. The molecule has 14 heavy (non-hydrogen) atoms. The van der Waals surface area contributed by atoms with Crippen LogP contribution in [0.25, 0.3) is 0 Å². The average Bonchev–Trinajstić information content (AvgIpc) is 2.96. The summed E-state index contributed by atoms with van der Waals surface area (Å²) in [6, 6.07) is 0.143. The molecule has 80 valence electrons. The second-order valence-electron chi connectivity index (χ2n) is 4.69. The number of hydrogen-bond donors (Lipinski definition) is 1. The molecular formula is C10H19N3O. The molecule has 2 N–H and O–H groups in total. The molecular weight excluding hydrogens is 178 g/mol. The predicted molar refractivity (Wildman–Crippen MR) is 54.9 cm³/mol. The maximum atomic E-state index is 11.8. The van der Waals surface area contributed by atoms with Crippen molar-refractivity contribution in [2.75, 3.05) is 26.7 Å². The van der Waals surface area contributed by atoms with E-state index in [0.29, 0.717) is 12.5 Å². The maximum absolute atomic E-state index is 11.8. The number of nitrogens with zero attached hydrogens (tertiary/aromatic N) is 2. The molecule has 0 aromatic rings. The van der Waals surface area contributed by atoms with Crippen LogP contribution >= 0.6 is 0 Å². The quantitative estimate of drug-likeness (QED) is 0.715. The van der Waals surface area contributed by atoms with E-state index in [0.717, 1.165) is 13.1 Å². The molecule has 2 rings (SSSR count). The zero-order valence-corrected chi connectivity index (χ0v) is 8.99. The Hall–Kier alpha value is -0.770. The van der Waals surface area contributed by atoms with Crippen molar-refractivity contribution < 1.29 is 4.79 Å². The van der Waals surface area contributed by atoms with Crippen LogP contribution in [0.2, 0.25) is 0 Å². The number of nitrogens with two attached hydrogens (primary N) is 1. The smallest absolute Gasteiger partial charge is 0.320 e. The molecule has 1 heterocycles. The second-order valence-corrected chi connectivity index (χ2v) is 4.69. The molecule has 2 amide bonds. The number of amides is 2. The van der Waals surface area contributed by atoms with E-state index >= 15 is 0 Å². The van der Waals surface area contributed by atoms with Gasteiger partial charge in [0.2, 0.25) is 0 Å². The molecule has 0 radical (unpaired) electrons. The molecule has 0 spiro atoms. The molecule has 0 aromatic carbocycles. The third-order valence-corrected chi connectivity index (χ3v) is 3.70. The van der Waals surface area contributed by atoms with Gasteiger partial charge in [0.05, 0.1) is 5.54 Å². The molecule has 0 bridgehead atoms. The van der Waals surface area contributed by atoms with Gasteiger partial charge < -0.3 is 15.5 Å². The van der Waals surface area contributed by atoms with Crippen molar-refractivity contribution in [3.05, 3.63) is 0 Å². The van der Waals surface area contributed by atoms with Crippen molar-refractivity contribution in [3.63, 3.8) is 0 Å². The van der Waals surface area contributed by atoms with E-state index in [1.807, 2.05) is 11.9 Å². The molecule has 4 heteroatoms. The summed E-state index contributed by atoms with van der Waals surface area (Å²) in [5, 5.41) is 0. The van der Waals surface area contributed by atoms with Gasteiger partial charge in [0.15, 0.2) is 0 Å². The summed E-state index contributed by atoms with van der Waals surface area (Å²) in [7, 11) is 1.85. The highest BCUT2D eigenvalue weighted by Crippen LogP contribution is 2.43. The molecule has 1 saturated carbocycles. The highest BCUT2D eigenvalue weighted by Gasteiger charge is 2.48. The van der Waals surface area contributed by atoms with Gasteiger partial charge in [-0.1, -0.05) is 0 Å². The number of hydrogen-bond acceptors (Lipinski definition) is 2. The van der Waals surface area contributed by atoms with Crippen molar-refractivity contribution >= 4 is 6.03 Å². The van der Waals surface area contributed by atoms with Crippen LogP contribution in [-0.4, -0.2) is 48.1 Å². The Kier molecular flexibility index (Phi) is 2.18. The SMILES string of the molecule is CN1CCN(C(C)(CN)C2CC2)C1=O. The van der Waals surface area contributed by atoms with Gasteiger partial charge in [0.25, 0.3) is 0 Å². The van der Waals surface area contributed by atoms with Crippen LogP contribution < -0.4 is 5.73 Å². The van der Waals surface area contributed by atoms with Crippen molar-refractivity contribution in [3.8, 4) is 0 Å². The van der Waals surface area contributed by atoms with E-state index in [-0.39, 0.29) is 11.6 Å². The first-order chi connectivity index (χ1) is 6.59. The normalized spacial score (nSPS) is 26.9. The van der Waals surface area contributed by atoms with E-state index in [4.69, 9.17) is 5.73 Å². The van der Waals surface area contributed by atoms with E-state index in [2.05, 4.69) is 6.92 Å². The number of carbonyl (C=O) groups excluding carboxylic acids is 1. The van der Waals surface area contributed by atoms with Crippen LogP contribution in [0.5, 0.6) is 0 Å². The van der Waals surface area contributed by atoms with Gasteiger partial charge in [-0.25, -0.2) is 4.79 Å². The fraction of sp³-hybridized carbons (Fsp3) is 0.900. The number of rotatable bonds is 3. The molecule has 2 aliphatic rings. The minimum atomic E-state index is -0.0954. The summed E-state index contributed by atoms with van der Waals surface area (Å²) >= 11 is 0. The van der Waals surface area contributed by atoms with Gasteiger partial charge >= 0.3 is 6.03 Å². The number of likely N-dealkylation sites (N-methyl/N-ethyl adjacent to an activating group) is 1. The van der Waals surface area contributed by atoms with Gasteiger partial charge in [0.1, 0.15) is 0 Å². The van der Waals surface area contributed by atoms with Gasteiger partial charge in [-0.05, 0) is 25.7 Å². The molecule has 4 nitrogen and oxygen atoms in total. The first kappa shape index (κ1) is 9.77. The molecule has 1 aliphatic heterocycles. The largest absolute Gasteiger partial charge is 0.328 e. The fourth-order valence-electron chi connectivity index (χ4n) is 2.32. The lowest BCUT2D eigenvalue weighted by Gasteiger charge is -2.37. The summed E-state index contributed by atoms with van der Waals surface area (Å²) in [6.07, 6.45) is 2.45. The topological polar surface area (TPSA) is 49.6 Å². The zero-order valence-electron chi connectivity index (χ0n) is 8.99. The Morgan fingerprint density at radius 3 is 2.50 bits per heavy atom. The van der Waals surface area contributed by atoms with Gasteiger partial charge in [-0.2, -0.15) is 0 Å². The Morgan fingerprint density at radius 1 is 1.50 bits per heavy atom. The molecule has 1 aliphatic carbocycles. The zero-order chi connectivity index (χ0) is 10.3. The highest BCUT2D eigenvalue weighted by atomic mass is 16.2. The summed E-state index contributed by atoms with van der Waals surface area (Å²) < 4.78 is 0. The third kappa shape index (κ3) is 1.29. The van der Waals surface area contributed by atoms with Crippen molar-refractivity contribution in [2.24, 2.45) is 11.7 Å². The minimum absolute atomic E-state index is 0.0954. The Bertz CT molecular complexity index is 252. The molecule has 1 unspecified atom stereocenters. The van der Waals surface area contributed by atoms with Gasteiger partial charge in [-0.3, -0.25) is 0 Å². The lowest BCUT2D eigenvalue weighted by atomic mass is 9.94. The van der Waals surface area contributed by atoms with Crippen molar-refractivity contribution in [1.29, 1.82) is 0 Å². The lowest BCUT2D eigenvalue weighted by molar-refractivity contribution is 0.128. The van der Waals surface area contributed by atoms with Crippen LogP contribution in [0.1, 0.15) is 19.8 Å². The Morgan fingerprint density at radius 2 is 2.14 bits per heavy atom. The summed E-state index contributed by atoms with van der Waals surface area (Å²) in [5.74, 6) is 0.628. The van der Waals surface area contributed by atoms with Gasteiger partial charge in [-0.15, -0.1) is 0 Å². The van der Waals surface area contributed by atoms with E-state index in [1.54, 1.807) is 4.90 Å². The Balaban J connectivity index is 2.15. The van der Waals surface area contributed by atoms with Crippen LogP contribution in [0.4, 0.5) is 4.79 Å². The summed E-state index contributed by atoms with van der Waals surface area (Å²) in [6.45, 7) is 4.37.